The highest BCUT2D eigenvalue weighted by molar-refractivity contribution is 5.79. The molecule has 0 N–H and O–H groups in total. The van der Waals surface area contributed by atoms with Crippen molar-refractivity contribution in [3.63, 3.8) is 0 Å². The number of carbonyl (C=O) groups is 1. The number of methoxy groups -OCH3 is 2. The van der Waals surface area contributed by atoms with Crippen molar-refractivity contribution in [2.75, 3.05) is 34.4 Å². The van der Waals surface area contributed by atoms with Crippen molar-refractivity contribution < 1.29 is 23.0 Å². The number of likely N-dealkylation sites (tertiary alicyclic amines) is 1. The molecule has 1 fully saturated rings. The molecule has 0 aromatic heterocycles. The third kappa shape index (κ3) is 4.56. The fourth-order valence-electron chi connectivity index (χ4n) is 3.99. The summed E-state index contributed by atoms with van der Waals surface area (Å²) in [6, 6.07) is 8.60. The summed E-state index contributed by atoms with van der Waals surface area (Å²) in [5.41, 5.74) is 1.23. The minimum atomic E-state index is -0.494. The molecule has 1 saturated heterocycles. The largest absolute Gasteiger partial charge is 0.493 e. The zero-order chi connectivity index (χ0) is 21.8. The number of hydrogen-bond donors (Lipinski definition) is 0. The molecule has 1 amide bonds. The maximum atomic E-state index is 14.1. The van der Waals surface area contributed by atoms with Crippen molar-refractivity contribution in [1.82, 2.24) is 9.80 Å². The van der Waals surface area contributed by atoms with Crippen LogP contribution in [-0.2, 0) is 4.79 Å². The maximum absolute atomic E-state index is 14.1. The number of likely N-dealkylation sites (N-methyl/N-ethyl adjacent to an activating group) is 1. The predicted octanol–water partition coefficient (Wildman–Crippen LogP) is 4.34. The van der Waals surface area contributed by atoms with Crippen LogP contribution in [0.15, 0.2) is 36.4 Å². The van der Waals surface area contributed by atoms with E-state index in [2.05, 4.69) is 0 Å². The normalized spacial score (nSPS) is 17.3. The van der Waals surface area contributed by atoms with E-state index in [-0.39, 0.29) is 24.1 Å². The number of amides is 1. The first-order chi connectivity index (χ1) is 14.3. The second kappa shape index (κ2) is 9.43. The lowest BCUT2D eigenvalue weighted by Gasteiger charge is -2.30. The molecule has 1 aliphatic heterocycles. The minimum absolute atomic E-state index is 0.0431. The Labute approximate surface area is 176 Å². The molecule has 0 bridgehead atoms. The Morgan fingerprint density at radius 1 is 1.17 bits per heavy atom. The molecular formula is C23H28F2N2O3. The van der Waals surface area contributed by atoms with E-state index in [4.69, 9.17) is 9.47 Å². The van der Waals surface area contributed by atoms with Crippen LogP contribution in [0.25, 0.3) is 0 Å². The second-order valence-electron chi connectivity index (χ2n) is 7.62. The smallest absolute Gasteiger partial charge is 0.237 e. The Morgan fingerprint density at radius 2 is 1.90 bits per heavy atom. The van der Waals surface area contributed by atoms with E-state index >= 15 is 0 Å². The summed E-state index contributed by atoms with van der Waals surface area (Å²) in [7, 11) is 4.91. The minimum Gasteiger partial charge on any atom is -0.493 e. The highest BCUT2D eigenvalue weighted by Crippen LogP contribution is 2.37. The third-order valence-electron chi connectivity index (χ3n) is 5.82. The van der Waals surface area contributed by atoms with Gasteiger partial charge in [-0.2, -0.15) is 0 Å². The Balaban J connectivity index is 1.73. The van der Waals surface area contributed by atoms with Crippen molar-refractivity contribution in [2.24, 2.45) is 0 Å². The lowest BCUT2D eigenvalue weighted by molar-refractivity contribution is -0.133. The maximum Gasteiger partial charge on any atom is 0.237 e. The zero-order valence-electron chi connectivity index (χ0n) is 17.8. The van der Waals surface area contributed by atoms with Crippen molar-refractivity contribution in [1.29, 1.82) is 0 Å². The molecule has 7 heteroatoms. The summed E-state index contributed by atoms with van der Waals surface area (Å²) in [6.45, 7) is 2.54. The van der Waals surface area contributed by atoms with Crippen molar-refractivity contribution in [2.45, 2.75) is 31.8 Å². The van der Waals surface area contributed by atoms with Gasteiger partial charge in [0, 0.05) is 18.2 Å². The summed E-state index contributed by atoms with van der Waals surface area (Å²) in [4.78, 5) is 16.7. The van der Waals surface area contributed by atoms with E-state index in [1.165, 1.54) is 6.07 Å². The first-order valence-corrected chi connectivity index (χ1v) is 10.0. The van der Waals surface area contributed by atoms with E-state index in [0.717, 1.165) is 30.5 Å². The van der Waals surface area contributed by atoms with Crippen LogP contribution in [0.2, 0.25) is 0 Å². The topological polar surface area (TPSA) is 42.0 Å². The average molecular weight is 418 g/mol. The lowest BCUT2D eigenvalue weighted by Crippen LogP contribution is -2.39. The van der Waals surface area contributed by atoms with Crippen LogP contribution in [0.4, 0.5) is 8.78 Å². The monoisotopic (exact) mass is 418 g/mol. The summed E-state index contributed by atoms with van der Waals surface area (Å²) in [6.07, 6.45) is 1.77. The Morgan fingerprint density at radius 3 is 2.60 bits per heavy atom. The van der Waals surface area contributed by atoms with Gasteiger partial charge < -0.3 is 14.4 Å². The molecule has 162 valence electrons. The van der Waals surface area contributed by atoms with Gasteiger partial charge in [0.15, 0.2) is 11.5 Å². The zero-order valence-corrected chi connectivity index (χ0v) is 17.8. The van der Waals surface area contributed by atoms with Gasteiger partial charge in [-0.25, -0.2) is 8.78 Å². The number of hydrogen-bond acceptors (Lipinski definition) is 4. The molecule has 2 aromatic rings. The molecular weight excluding hydrogens is 390 g/mol. The molecule has 0 saturated carbocycles. The summed E-state index contributed by atoms with van der Waals surface area (Å²) < 4.78 is 38.4. The summed E-state index contributed by atoms with van der Waals surface area (Å²) in [5, 5.41) is 0. The molecule has 3 rings (SSSR count). The van der Waals surface area contributed by atoms with E-state index in [0.29, 0.717) is 18.0 Å². The third-order valence-corrected chi connectivity index (χ3v) is 5.82. The van der Waals surface area contributed by atoms with Crippen LogP contribution in [0, 0.1) is 11.6 Å². The van der Waals surface area contributed by atoms with Gasteiger partial charge in [-0.1, -0.05) is 6.07 Å². The van der Waals surface area contributed by atoms with Gasteiger partial charge in [0.1, 0.15) is 11.6 Å². The van der Waals surface area contributed by atoms with Gasteiger partial charge in [-0.3, -0.25) is 9.69 Å². The van der Waals surface area contributed by atoms with Gasteiger partial charge in [0.25, 0.3) is 0 Å². The lowest BCUT2D eigenvalue weighted by atomic mass is 10.0. The highest BCUT2D eigenvalue weighted by atomic mass is 19.1. The SMILES string of the molecule is COc1ccc(C2CCCN2C(=O)CN(C)C(C)c2cc(F)ccc2F)cc1OC. The Kier molecular flexibility index (Phi) is 6.92. The van der Waals surface area contributed by atoms with E-state index < -0.39 is 17.7 Å². The van der Waals surface area contributed by atoms with Crippen LogP contribution in [-0.4, -0.2) is 50.1 Å². The Bertz CT molecular complexity index is 906. The van der Waals surface area contributed by atoms with Crippen molar-refractivity contribution >= 4 is 5.91 Å². The fraction of sp³-hybridized carbons (Fsp3) is 0.435. The number of carbonyl (C=O) groups excluding carboxylic acids is 1. The number of rotatable bonds is 7. The quantitative estimate of drug-likeness (QED) is 0.671. The van der Waals surface area contributed by atoms with Gasteiger partial charge in [-0.15, -0.1) is 0 Å². The molecule has 0 aliphatic carbocycles. The van der Waals surface area contributed by atoms with E-state index in [1.807, 2.05) is 23.1 Å². The molecule has 1 aliphatic rings. The standard InChI is InChI=1S/C23H28F2N2O3/c1-15(18-13-17(24)8-9-19(18)25)26(2)14-23(28)27-11-5-6-20(27)16-7-10-21(29-3)22(12-16)30-4/h7-10,12-13,15,20H,5-6,11,14H2,1-4H3. The second-order valence-corrected chi connectivity index (χ2v) is 7.62. The van der Waals surface area contributed by atoms with Gasteiger partial charge in [0.2, 0.25) is 5.91 Å². The van der Waals surface area contributed by atoms with Crippen LogP contribution >= 0.6 is 0 Å². The molecule has 1 heterocycles. The Hall–Kier alpha value is -2.67. The molecule has 2 atom stereocenters. The number of halogens is 2. The highest BCUT2D eigenvalue weighted by Gasteiger charge is 2.31. The van der Waals surface area contributed by atoms with Crippen LogP contribution in [0.5, 0.6) is 11.5 Å². The van der Waals surface area contributed by atoms with Crippen LogP contribution in [0.1, 0.15) is 43.0 Å². The van der Waals surface area contributed by atoms with Gasteiger partial charge in [-0.05, 0) is 62.7 Å². The molecule has 30 heavy (non-hydrogen) atoms. The van der Waals surface area contributed by atoms with Gasteiger partial charge in [0.05, 0.1) is 26.8 Å². The molecule has 5 nitrogen and oxygen atoms in total. The van der Waals surface area contributed by atoms with Crippen molar-refractivity contribution in [3.8, 4) is 11.5 Å². The average Bonchev–Trinajstić information content (AvgIpc) is 3.24. The van der Waals surface area contributed by atoms with Gasteiger partial charge >= 0.3 is 0 Å². The molecule has 2 aromatic carbocycles. The predicted molar refractivity (Wildman–Crippen MR) is 111 cm³/mol. The molecule has 0 radical (unpaired) electrons. The number of ether oxygens (including phenoxy) is 2. The van der Waals surface area contributed by atoms with Crippen molar-refractivity contribution in [3.05, 3.63) is 59.2 Å². The molecule has 2 unspecified atom stereocenters. The van der Waals surface area contributed by atoms with Crippen LogP contribution in [0.3, 0.4) is 0 Å². The molecule has 0 spiro atoms. The van der Waals surface area contributed by atoms with Crippen LogP contribution < -0.4 is 9.47 Å². The first-order valence-electron chi connectivity index (χ1n) is 10.0. The first kappa shape index (κ1) is 22.0. The number of benzene rings is 2. The summed E-state index contributed by atoms with van der Waals surface area (Å²) in [5.74, 6) is 0.251. The fourth-order valence-corrected chi connectivity index (χ4v) is 3.99. The summed E-state index contributed by atoms with van der Waals surface area (Å²) >= 11 is 0. The van der Waals surface area contributed by atoms with E-state index in [1.54, 1.807) is 33.1 Å². The van der Waals surface area contributed by atoms with E-state index in [9.17, 15) is 13.6 Å². The number of nitrogens with zero attached hydrogens (tertiary/aromatic N) is 2.